The number of hydrogen-bond donors (Lipinski definition) is 1. The summed E-state index contributed by atoms with van der Waals surface area (Å²) in [5.41, 5.74) is -0.521. The van der Waals surface area contributed by atoms with Crippen molar-refractivity contribution in [2.45, 2.75) is 23.5 Å². The number of para-hydroxylation sites is 1. The maximum Gasteiger partial charge on any atom is 0.321 e. The van der Waals surface area contributed by atoms with E-state index in [0.717, 1.165) is 16.4 Å². The number of anilines is 1. The van der Waals surface area contributed by atoms with E-state index in [1.807, 2.05) is 18.2 Å². The molecule has 7 nitrogen and oxygen atoms in total. The fourth-order valence-corrected chi connectivity index (χ4v) is 5.71. The maximum absolute atomic E-state index is 14.2. The largest absolute Gasteiger partial charge is 0.358 e. The Hall–Kier alpha value is -2.56. The Morgan fingerprint density at radius 2 is 1.73 bits per heavy atom. The monoisotopic (exact) mass is 437 g/mol. The van der Waals surface area contributed by atoms with Crippen LogP contribution in [0.15, 0.2) is 53.4 Å². The number of carbonyl (C=O) groups excluding carboxylic acids is 1. The van der Waals surface area contributed by atoms with E-state index in [1.165, 1.54) is 0 Å². The van der Waals surface area contributed by atoms with E-state index in [2.05, 4.69) is 5.32 Å². The van der Waals surface area contributed by atoms with Crippen molar-refractivity contribution in [3.8, 4) is 0 Å². The summed E-state index contributed by atoms with van der Waals surface area (Å²) in [6, 6.07) is 11.0. The van der Waals surface area contributed by atoms with Crippen molar-refractivity contribution >= 4 is 21.7 Å². The van der Waals surface area contributed by atoms with Crippen molar-refractivity contribution in [1.29, 1.82) is 0 Å². The number of amides is 2. The first-order valence-corrected chi connectivity index (χ1v) is 11.0. The normalized spacial score (nSPS) is 19.2. The Morgan fingerprint density at radius 1 is 1.03 bits per heavy atom. The molecule has 1 N–H and O–H groups in total. The van der Waals surface area contributed by atoms with E-state index in [1.54, 1.807) is 17.0 Å². The Bertz CT molecular complexity index is 1040. The van der Waals surface area contributed by atoms with Gasteiger partial charge in [0.2, 0.25) is 10.0 Å². The Morgan fingerprint density at radius 3 is 2.43 bits per heavy atom. The molecule has 2 aliphatic heterocycles. The molecule has 2 aromatic carbocycles. The summed E-state index contributed by atoms with van der Waals surface area (Å²) >= 11 is 0. The summed E-state index contributed by atoms with van der Waals surface area (Å²) in [7, 11) is -4.31. The number of halogens is 2. The van der Waals surface area contributed by atoms with Crippen molar-refractivity contribution < 1.29 is 26.7 Å². The number of hydrogen-bond acceptors (Lipinski definition) is 4. The highest BCUT2D eigenvalue weighted by Gasteiger charge is 2.51. The zero-order valence-electron chi connectivity index (χ0n) is 16.1. The average Bonchev–Trinajstić information content (AvgIpc) is 3.15. The second-order valence-corrected chi connectivity index (χ2v) is 9.06. The van der Waals surface area contributed by atoms with Crippen LogP contribution in [0, 0.1) is 11.6 Å². The van der Waals surface area contributed by atoms with Gasteiger partial charge in [-0.3, -0.25) is 0 Å². The maximum atomic E-state index is 14.2. The molecular weight excluding hydrogens is 416 g/mol. The van der Waals surface area contributed by atoms with Crippen LogP contribution in [-0.4, -0.2) is 55.6 Å². The van der Waals surface area contributed by atoms with Gasteiger partial charge in [0.15, 0.2) is 0 Å². The van der Waals surface area contributed by atoms with Gasteiger partial charge in [-0.05, 0) is 30.3 Å². The summed E-state index contributed by atoms with van der Waals surface area (Å²) in [4.78, 5) is 13.4. The van der Waals surface area contributed by atoms with Gasteiger partial charge in [0.25, 0.3) is 0 Å². The molecule has 0 saturated carbocycles. The van der Waals surface area contributed by atoms with Crippen LogP contribution in [0.4, 0.5) is 19.3 Å². The van der Waals surface area contributed by atoms with Crippen LogP contribution in [0.3, 0.4) is 0 Å². The van der Waals surface area contributed by atoms with Crippen molar-refractivity contribution in [2.75, 3.05) is 31.6 Å². The predicted molar refractivity (Wildman–Crippen MR) is 105 cm³/mol. The van der Waals surface area contributed by atoms with Crippen LogP contribution in [-0.2, 0) is 14.8 Å². The molecule has 2 heterocycles. The van der Waals surface area contributed by atoms with Crippen LogP contribution >= 0.6 is 0 Å². The number of piperidine rings is 1. The molecule has 2 saturated heterocycles. The Labute approximate surface area is 173 Å². The summed E-state index contributed by atoms with van der Waals surface area (Å²) in [6.45, 7) is 0.702. The quantitative estimate of drug-likeness (QED) is 0.801. The lowest BCUT2D eigenvalue weighted by molar-refractivity contribution is -0.0840. The smallest absolute Gasteiger partial charge is 0.321 e. The molecular formula is C20H21F2N3O4S. The molecule has 10 heteroatoms. The van der Waals surface area contributed by atoms with E-state index < -0.39 is 32.3 Å². The number of urea groups is 1. The predicted octanol–water partition coefficient (Wildman–Crippen LogP) is 3.01. The van der Waals surface area contributed by atoms with Gasteiger partial charge >= 0.3 is 6.03 Å². The third kappa shape index (κ3) is 3.78. The SMILES string of the molecule is O=C(Nc1ccccc1)N1CCC2(CC1)OCCN2S(=O)(=O)c1cc(F)ccc1F. The van der Waals surface area contributed by atoms with E-state index in [-0.39, 0.29) is 45.1 Å². The first-order chi connectivity index (χ1) is 14.3. The molecule has 2 aliphatic rings. The highest BCUT2D eigenvalue weighted by atomic mass is 32.2. The number of sulfonamides is 1. The summed E-state index contributed by atoms with van der Waals surface area (Å²) in [5.74, 6) is -1.85. The number of nitrogens with one attached hydrogen (secondary N) is 1. The van der Waals surface area contributed by atoms with Crippen LogP contribution in [0.5, 0.6) is 0 Å². The molecule has 0 radical (unpaired) electrons. The van der Waals surface area contributed by atoms with E-state index in [9.17, 15) is 22.0 Å². The number of rotatable bonds is 3. The first kappa shape index (κ1) is 20.7. The van der Waals surface area contributed by atoms with Gasteiger partial charge in [0.05, 0.1) is 6.61 Å². The van der Waals surface area contributed by atoms with Gasteiger partial charge < -0.3 is 15.0 Å². The first-order valence-electron chi connectivity index (χ1n) is 9.55. The molecule has 160 valence electrons. The molecule has 2 fully saturated rings. The second kappa shape index (κ2) is 7.93. The fraction of sp³-hybridized carbons (Fsp3) is 0.350. The summed E-state index contributed by atoms with van der Waals surface area (Å²) in [6.07, 6.45) is 0.455. The molecule has 0 bridgehead atoms. The van der Waals surface area contributed by atoms with Gasteiger partial charge in [-0.15, -0.1) is 0 Å². The molecule has 0 aromatic heterocycles. The minimum absolute atomic E-state index is 0.0362. The number of nitrogens with zero attached hydrogens (tertiary/aromatic N) is 2. The highest BCUT2D eigenvalue weighted by molar-refractivity contribution is 7.89. The lowest BCUT2D eigenvalue weighted by Crippen LogP contribution is -2.56. The van der Waals surface area contributed by atoms with Crippen LogP contribution in [0.25, 0.3) is 0 Å². The number of likely N-dealkylation sites (tertiary alicyclic amines) is 1. The molecule has 1 spiro atoms. The van der Waals surface area contributed by atoms with Crippen molar-refractivity contribution in [2.24, 2.45) is 0 Å². The van der Waals surface area contributed by atoms with Crippen LogP contribution in [0.1, 0.15) is 12.8 Å². The summed E-state index contributed by atoms with van der Waals surface area (Å²) in [5, 5.41) is 2.79. The fourth-order valence-electron chi connectivity index (χ4n) is 3.90. The van der Waals surface area contributed by atoms with Gasteiger partial charge in [-0.25, -0.2) is 22.0 Å². The lowest BCUT2D eigenvalue weighted by Gasteiger charge is -2.42. The summed E-state index contributed by atoms with van der Waals surface area (Å²) < 4.78 is 60.8. The van der Waals surface area contributed by atoms with E-state index in [0.29, 0.717) is 11.8 Å². The van der Waals surface area contributed by atoms with Gasteiger partial charge in [-0.1, -0.05) is 18.2 Å². The van der Waals surface area contributed by atoms with Gasteiger partial charge in [0, 0.05) is 38.2 Å². The van der Waals surface area contributed by atoms with E-state index >= 15 is 0 Å². The number of carbonyl (C=O) groups is 1. The molecule has 0 atom stereocenters. The highest BCUT2D eigenvalue weighted by Crippen LogP contribution is 2.39. The van der Waals surface area contributed by atoms with Crippen molar-refractivity contribution in [3.05, 3.63) is 60.2 Å². The second-order valence-electron chi connectivity index (χ2n) is 7.23. The van der Waals surface area contributed by atoms with Crippen LogP contribution < -0.4 is 5.32 Å². The lowest BCUT2D eigenvalue weighted by atomic mass is 10.0. The third-order valence-corrected chi connectivity index (χ3v) is 7.40. The standard InChI is InChI=1S/C20H21F2N3O4S/c21-15-6-7-17(22)18(14-15)30(27,28)25-12-13-29-20(25)8-10-24(11-9-20)19(26)23-16-4-2-1-3-5-16/h1-7,14H,8-13H2,(H,23,26). The molecule has 30 heavy (non-hydrogen) atoms. The molecule has 0 unspecified atom stereocenters. The van der Waals surface area contributed by atoms with Crippen LogP contribution in [0.2, 0.25) is 0 Å². The minimum atomic E-state index is -4.31. The molecule has 4 rings (SSSR count). The Kier molecular flexibility index (Phi) is 5.48. The third-order valence-electron chi connectivity index (χ3n) is 5.44. The van der Waals surface area contributed by atoms with Crippen molar-refractivity contribution in [1.82, 2.24) is 9.21 Å². The number of ether oxygens (including phenoxy) is 1. The molecule has 2 amide bonds. The zero-order valence-corrected chi connectivity index (χ0v) is 16.9. The molecule has 2 aromatic rings. The molecule has 0 aliphatic carbocycles. The number of benzene rings is 2. The van der Waals surface area contributed by atoms with Gasteiger partial charge in [0.1, 0.15) is 22.3 Å². The Balaban J connectivity index is 1.50. The van der Waals surface area contributed by atoms with Crippen molar-refractivity contribution in [3.63, 3.8) is 0 Å². The topological polar surface area (TPSA) is 79.0 Å². The van der Waals surface area contributed by atoms with Gasteiger partial charge in [-0.2, -0.15) is 4.31 Å². The van der Waals surface area contributed by atoms with E-state index in [4.69, 9.17) is 4.74 Å². The zero-order chi connectivity index (χ0) is 21.4. The average molecular weight is 437 g/mol. The minimum Gasteiger partial charge on any atom is -0.358 e.